The van der Waals surface area contributed by atoms with Crippen LogP contribution in [0.3, 0.4) is 0 Å². The van der Waals surface area contributed by atoms with Crippen LogP contribution in [0.5, 0.6) is 5.75 Å². The Hall–Kier alpha value is -1.51. The molecule has 3 heteroatoms. The predicted octanol–water partition coefficient (Wildman–Crippen LogP) is 5.44. The van der Waals surface area contributed by atoms with E-state index in [2.05, 4.69) is 47.6 Å². The number of hydrogen-bond donors (Lipinski definition) is 0. The summed E-state index contributed by atoms with van der Waals surface area (Å²) in [5, 5.41) is 0. The molecule has 0 fully saturated rings. The minimum atomic E-state index is -0.619. The summed E-state index contributed by atoms with van der Waals surface area (Å²) in [4.78, 5) is 13.2. The maximum absolute atomic E-state index is 13.2. The van der Waals surface area contributed by atoms with Gasteiger partial charge in [-0.1, -0.05) is 59.7 Å². The third-order valence-electron chi connectivity index (χ3n) is 5.05. The van der Waals surface area contributed by atoms with Gasteiger partial charge in [-0.3, -0.25) is 4.79 Å². The Labute approximate surface area is 147 Å². The summed E-state index contributed by atoms with van der Waals surface area (Å²) in [5.74, 6) is 1.08. The molecule has 0 saturated heterocycles. The minimum absolute atomic E-state index is 0.0184. The Balaban J connectivity index is 3.57. The Morgan fingerprint density at radius 1 is 1.12 bits per heavy atom. The highest BCUT2D eigenvalue weighted by molar-refractivity contribution is 5.79. The maximum Gasteiger partial charge on any atom is 0.313 e. The van der Waals surface area contributed by atoms with E-state index < -0.39 is 5.41 Å². The molecule has 1 aromatic carbocycles. The van der Waals surface area contributed by atoms with Gasteiger partial charge < -0.3 is 9.47 Å². The van der Waals surface area contributed by atoms with Crippen molar-refractivity contribution >= 4 is 5.97 Å². The van der Waals surface area contributed by atoms with Crippen LogP contribution in [0.1, 0.15) is 66.4 Å². The number of para-hydroxylation sites is 1. The molecule has 2 unspecified atom stereocenters. The molecule has 0 bridgehead atoms. The van der Waals surface area contributed by atoms with Crippen LogP contribution in [0.15, 0.2) is 24.3 Å². The first kappa shape index (κ1) is 20.5. The second-order valence-electron chi connectivity index (χ2n) is 8.00. The van der Waals surface area contributed by atoms with Crippen LogP contribution in [0.4, 0.5) is 0 Å². The highest BCUT2D eigenvalue weighted by Crippen LogP contribution is 2.55. The van der Waals surface area contributed by atoms with Crippen LogP contribution in [0.2, 0.25) is 0 Å². The summed E-state index contributed by atoms with van der Waals surface area (Å²) in [6, 6.07) is 7.98. The van der Waals surface area contributed by atoms with Crippen molar-refractivity contribution in [3.63, 3.8) is 0 Å². The van der Waals surface area contributed by atoms with Crippen molar-refractivity contribution < 1.29 is 14.3 Å². The van der Waals surface area contributed by atoms with E-state index in [1.165, 1.54) is 0 Å². The molecule has 3 nitrogen and oxygen atoms in total. The zero-order valence-corrected chi connectivity index (χ0v) is 16.6. The van der Waals surface area contributed by atoms with Gasteiger partial charge in [-0.2, -0.15) is 0 Å². The van der Waals surface area contributed by atoms with E-state index in [-0.39, 0.29) is 17.3 Å². The van der Waals surface area contributed by atoms with E-state index in [0.717, 1.165) is 17.7 Å². The molecule has 1 rings (SSSR count). The number of carbonyl (C=O) groups excluding carboxylic acids is 1. The lowest BCUT2D eigenvalue weighted by Gasteiger charge is -2.48. The lowest BCUT2D eigenvalue weighted by atomic mass is 9.55. The number of rotatable bonds is 7. The number of ether oxygens (including phenoxy) is 2. The first-order valence-electron chi connectivity index (χ1n) is 8.91. The third kappa shape index (κ3) is 3.93. The molecule has 0 spiro atoms. The number of carbonyl (C=O) groups is 1. The van der Waals surface area contributed by atoms with Gasteiger partial charge in [0.15, 0.2) is 0 Å². The van der Waals surface area contributed by atoms with Crippen LogP contribution in [0.25, 0.3) is 0 Å². The first-order valence-corrected chi connectivity index (χ1v) is 8.91. The van der Waals surface area contributed by atoms with E-state index in [9.17, 15) is 4.79 Å². The first-order chi connectivity index (χ1) is 11.1. The smallest absolute Gasteiger partial charge is 0.313 e. The predicted molar refractivity (Wildman–Crippen MR) is 99.4 cm³/mol. The number of esters is 1. The SMILES string of the molecule is CCOC(=O)C(CC(C)C)(C(C)c1ccccc1OC)C(C)(C)C. The molecule has 0 aliphatic rings. The molecule has 2 atom stereocenters. The van der Waals surface area contributed by atoms with Crippen LogP contribution in [-0.4, -0.2) is 19.7 Å². The topological polar surface area (TPSA) is 35.5 Å². The minimum Gasteiger partial charge on any atom is -0.496 e. The van der Waals surface area contributed by atoms with Crippen LogP contribution < -0.4 is 4.74 Å². The van der Waals surface area contributed by atoms with Gasteiger partial charge in [0.2, 0.25) is 0 Å². The second-order valence-corrected chi connectivity index (χ2v) is 8.00. The molecule has 136 valence electrons. The summed E-state index contributed by atoms with van der Waals surface area (Å²) < 4.78 is 11.1. The number of benzene rings is 1. The number of methoxy groups -OCH3 is 1. The zero-order valence-electron chi connectivity index (χ0n) is 16.6. The lowest BCUT2D eigenvalue weighted by molar-refractivity contribution is -0.167. The molecule has 0 heterocycles. The third-order valence-corrected chi connectivity index (χ3v) is 5.05. The van der Waals surface area contributed by atoms with Crippen LogP contribution >= 0.6 is 0 Å². The fourth-order valence-electron chi connectivity index (χ4n) is 3.89. The molecule has 24 heavy (non-hydrogen) atoms. The van der Waals surface area contributed by atoms with E-state index in [1.807, 2.05) is 25.1 Å². The van der Waals surface area contributed by atoms with Crippen LogP contribution in [0, 0.1) is 16.7 Å². The van der Waals surface area contributed by atoms with E-state index in [1.54, 1.807) is 7.11 Å². The van der Waals surface area contributed by atoms with Gasteiger partial charge in [0.1, 0.15) is 5.75 Å². The van der Waals surface area contributed by atoms with Gasteiger partial charge in [0.25, 0.3) is 0 Å². The number of hydrogen-bond acceptors (Lipinski definition) is 3. The summed E-state index contributed by atoms with van der Waals surface area (Å²) in [6.07, 6.45) is 0.772. The standard InChI is InChI=1S/C21H34O3/c1-9-24-19(22)21(14-15(2)3,20(5,6)7)16(4)17-12-10-11-13-18(17)23-8/h10-13,15-16H,9,14H2,1-8H3. The van der Waals surface area contributed by atoms with Crippen molar-refractivity contribution in [3.8, 4) is 5.75 Å². The summed E-state index contributed by atoms with van der Waals surface area (Å²) >= 11 is 0. The summed E-state index contributed by atoms with van der Waals surface area (Å²) in [7, 11) is 1.68. The van der Waals surface area contributed by atoms with Gasteiger partial charge in [0.05, 0.1) is 19.1 Å². The maximum atomic E-state index is 13.2. The highest BCUT2D eigenvalue weighted by atomic mass is 16.5. The normalized spacial score (nSPS) is 15.7. The Bertz CT molecular complexity index is 542. The molecular formula is C21H34O3. The molecule has 0 aliphatic heterocycles. The highest BCUT2D eigenvalue weighted by Gasteiger charge is 2.54. The fraction of sp³-hybridized carbons (Fsp3) is 0.667. The lowest BCUT2D eigenvalue weighted by Crippen LogP contribution is -2.49. The largest absolute Gasteiger partial charge is 0.496 e. The molecule has 0 saturated carbocycles. The molecule has 0 aliphatic carbocycles. The Morgan fingerprint density at radius 2 is 1.71 bits per heavy atom. The summed E-state index contributed by atoms with van der Waals surface area (Å²) in [5.41, 5.74) is 0.193. The summed E-state index contributed by atoms with van der Waals surface area (Å²) in [6.45, 7) is 15.1. The zero-order chi connectivity index (χ0) is 18.5. The van der Waals surface area contributed by atoms with Crippen molar-refractivity contribution in [3.05, 3.63) is 29.8 Å². The Morgan fingerprint density at radius 3 is 2.17 bits per heavy atom. The molecule has 1 aromatic rings. The van der Waals surface area contributed by atoms with Crippen molar-refractivity contribution in [2.45, 2.75) is 60.8 Å². The van der Waals surface area contributed by atoms with Crippen LogP contribution in [-0.2, 0) is 9.53 Å². The van der Waals surface area contributed by atoms with Crippen molar-refractivity contribution in [2.24, 2.45) is 16.7 Å². The monoisotopic (exact) mass is 334 g/mol. The van der Waals surface area contributed by atoms with Crippen molar-refractivity contribution in [1.29, 1.82) is 0 Å². The van der Waals surface area contributed by atoms with Gasteiger partial charge in [-0.15, -0.1) is 0 Å². The fourth-order valence-corrected chi connectivity index (χ4v) is 3.89. The van der Waals surface area contributed by atoms with E-state index >= 15 is 0 Å². The molecule has 0 radical (unpaired) electrons. The van der Waals surface area contributed by atoms with Gasteiger partial charge in [-0.05, 0) is 36.3 Å². The van der Waals surface area contributed by atoms with Crippen molar-refractivity contribution in [1.82, 2.24) is 0 Å². The van der Waals surface area contributed by atoms with E-state index in [0.29, 0.717) is 12.5 Å². The van der Waals surface area contributed by atoms with Crippen molar-refractivity contribution in [2.75, 3.05) is 13.7 Å². The van der Waals surface area contributed by atoms with Gasteiger partial charge in [0, 0.05) is 5.92 Å². The van der Waals surface area contributed by atoms with Gasteiger partial charge in [-0.25, -0.2) is 0 Å². The second kappa shape index (κ2) is 8.04. The molecular weight excluding hydrogens is 300 g/mol. The molecule has 0 aromatic heterocycles. The average Bonchev–Trinajstić information content (AvgIpc) is 2.50. The molecule has 0 N–H and O–H groups in total. The van der Waals surface area contributed by atoms with E-state index in [4.69, 9.17) is 9.47 Å². The van der Waals surface area contributed by atoms with Gasteiger partial charge >= 0.3 is 5.97 Å². The Kier molecular flexibility index (Phi) is 6.88. The molecule has 0 amide bonds. The average molecular weight is 335 g/mol. The quantitative estimate of drug-likeness (QED) is 0.623.